The van der Waals surface area contributed by atoms with Gasteiger partial charge in [0.15, 0.2) is 0 Å². The second-order valence-corrected chi connectivity index (χ2v) is 3.59. The molecule has 0 amide bonds. The van der Waals surface area contributed by atoms with E-state index < -0.39 is 16.6 Å². The third kappa shape index (κ3) is 2.95. The van der Waals surface area contributed by atoms with E-state index in [1.807, 2.05) is 6.07 Å². The highest BCUT2D eigenvalue weighted by Gasteiger charge is 2.20. The lowest BCUT2D eigenvalue weighted by Gasteiger charge is -2.17. The fourth-order valence-electron chi connectivity index (χ4n) is 1.44. The zero-order chi connectivity index (χ0) is 13.7. The van der Waals surface area contributed by atoms with Crippen LogP contribution in [-0.4, -0.2) is 29.6 Å². The highest BCUT2D eigenvalue weighted by Crippen LogP contribution is 2.25. The molecular weight excluding hydrogens is 238 g/mol. The summed E-state index contributed by atoms with van der Waals surface area (Å²) in [5.41, 5.74) is -0.303. The molecule has 0 heterocycles. The first-order valence-electron chi connectivity index (χ1n) is 5.07. The first-order valence-corrected chi connectivity index (χ1v) is 5.07. The summed E-state index contributed by atoms with van der Waals surface area (Å²) in [5.74, 6) is -1.34. The fourth-order valence-corrected chi connectivity index (χ4v) is 1.44. The van der Waals surface area contributed by atoms with Gasteiger partial charge >= 0.3 is 5.97 Å². The van der Waals surface area contributed by atoms with Crippen molar-refractivity contribution in [1.82, 2.24) is 0 Å². The van der Waals surface area contributed by atoms with Crippen molar-refractivity contribution < 1.29 is 14.8 Å². The molecule has 0 fully saturated rings. The summed E-state index contributed by atoms with van der Waals surface area (Å²) in [4.78, 5) is 22.5. The number of nitro benzene ring substituents is 1. The Hall–Kier alpha value is -2.62. The molecule has 1 N–H and O–H groups in total. The predicted molar refractivity (Wildman–Crippen MR) is 63.6 cm³/mol. The molecule has 1 aromatic carbocycles. The van der Waals surface area contributed by atoms with Crippen molar-refractivity contribution in [3.05, 3.63) is 33.9 Å². The molecule has 0 radical (unpaired) electrons. The second kappa shape index (κ2) is 5.63. The van der Waals surface area contributed by atoms with E-state index in [0.717, 1.165) is 0 Å². The largest absolute Gasteiger partial charge is 0.477 e. The molecule has 1 aromatic rings. The third-order valence-electron chi connectivity index (χ3n) is 2.41. The molecule has 7 nitrogen and oxygen atoms in total. The maximum Gasteiger partial charge on any atom is 0.342 e. The minimum absolute atomic E-state index is 0.283. The van der Waals surface area contributed by atoms with Crippen LogP contribution in [0.15, 0.2) is 18.2 Å². The molecule has 0 aliphatic rings. The number of benzene rings is 1. The molecule has 0 saturated heterocycles. The van der Waals surface area contributed by atoms with Crippen molar-refractivity contribution in [3.8, 4) is 6.07 Å². The Labute approximate surface area is 103 Å². The molecular formula is C11H11N3O4. The summed E-state index contributed by atoms with van der Waals surface area (Å²) in [5, 5.41) is 28.1. The van der Waals surface area contributed by atoms with Crippen molar-refractivity contribution in [2.45, 2.75) is 6.42 Å². The van der Waals surface area contributed by atoms with Gasteiger partial charge in [-0.05, 0) is 12.1 Å². The second-order valence-electron chi connectivity index (χ2n) is 3.59. The van der Waals surface area contributed by atoms with Crippen LogP contribution in [0.3, 0.4) is 0 Å². The first kappa shape index (κ1) is 13.4. The van der Waals surface area contributed by atoms with E-state index in [1.54, 1.807) is 11.9 Å². The smallest absolute Gasteiger partial charge is 0.342 e. The van der Waals surface area contributed by atoms with Crippen LogP contribution in [0.25, 0.3) is 0 Å². The van der Waals surface area contributed by atoms with E-state index in [1.165, 1.54) is 18.2 Å². The van der Waals surface area contributed by atoms with Crippen molar-refractivity contribution in [1.29, 1.82) is 5.26 Å². The van der Waals surface area contributed by atoms with Crippen LogP contribution >= 0.6 is 0 Å². The molecule has 7 heteroatoms. The first-order chi connectivity index (χ1) is 8.47. The van der Waals surface area contributed by atoms with Crippen LogP contribution < -0.4 is 4.90 Å². The zero-order valence-electron chi connectivity index (χ0n) is 9.66. The SMILES string of the molecule is CN(CCC#N)c1ccc(C(=O)O)c([N+](=O)[O-])c1. The average molecular weight is 249 g/mol. The van der Waals surface area contributed by atoms with Gasteiger partial charge in [-0.1, -0.05) is 0 Å². The molecule has 0 atom stereocenters. The molecule has 0 saturated carbocycles. The molecule has 94 valence electrons. The third-order valence-corrected chi connectivity index (χ3v) is 2.41. The Balaban J connectivity index is 3.11. The van der Waals surface area contributed by atoms with Gasteiger partial charge in [-0.25, -0.2) is 4.79 Å². The van der Waals surface area contributed by atoms with Crippen molar-refractivity contribution in [2.75, 3.05) is 18.5 Å². The van der Waals surface area contributed by atoms with E-state index in [0.29, 0.717) is 12.2 Å². The van der Waals surface area contributed by atoms with Gasteiger partial charge in [-0.2, -0.15) is 5.26 Å². The van der Waals surface area contributed by atoms with Crippen LogP contribution in [-0.2, 0) is 0 Å². The lowest BCUT2D eigenvalue weighted by atomic mass is 10.1. The Morgan fingerprint density at radius 2 is 2.28 bits per heavy atom. The standard InChI is InChI=1S/C11H11N3O4/c1-13(6-2-5-12)8-3-4-9(11(15)16)10(7-8)14(17)18/h3-4,7H,2,6H2,1H3,(H,15,16). The lowest BCUT2D eigenvalue weighted by Crippen LogP contribution is -2.18. The van der Waals surface area contributed by atoms with Gasteiger partial charge < -0.3 is 10.0 Å². The maximum atomic E-state index is 10.8. The van der Waals surface area contributed by atoms with Crippen molar-refractivity contribution in [2.24, 2.45) is 0 Å². The van der Waals surface area contributed by atoms with Gasteiger partial charge in [0.05, 0.1) is 17.4 Å². The van der Waals surface area contributed by atoms with Crippen LogP contribution in [0.4, 0.5) is 11.4 Å². The minimum atomic E-state index is -1.34. The van der Waals surface area contributed by atoms with Gasteiger partial charge in [-0.3, -0.25) is 10.1 Å². The normalized spacial score (nSPS) is 9.56. The van der Waals surface area contributed by atoms with E-state index >= 15 is 0 Å². The molecule has 0 aliphatic carbocycles. The van der Waals surface area contributed by atoms with Crippen molar-refractivity contribution in [3.63, 3.8) is 0 Å². The molecule has 0 aromatic heterocycles. The Kier molecular flexibility index (Phi) is 4.21. The fraction of sp³-hybridized carbons (Fsp3) is 0.273. The van der Waals surface area contributed by atoms with E-state index in [2.05, 4.69) is 0 Å². The number of nitriles is 1. The van der Waals surface area contributed by atoms with Gasteiger partial charge in [0.1, 0.15) is 5.56 Å². The number of carbonyl (C=O) groups is 1. The van der Waals surface area contributed by atoms with Gasteiger partial charge in [-0.15, -0.1) is 0 Å². The summed E-state index contributed by atoms with van der Waals surface area (Å²) in [6, 6.07) is 5.83. The molecule has 1 rings (SSSR count). The van der Waals surface area contributed by atoms with E-state index in [9.17, 15) is 14.9 Å². The zero-order valence-corrected chi connectivity index (χ0v) is 9.66. The van der Waals surface area contributed by atoms with Crippen LogP contribution in [0.1, 0.15) is 16.8 Å². The number of nitrogens with zero attached hydrogens (tertiary/aromatic N) is 3. The van der Waals surface area contributed by atoms with Crippen LogP contribution in [0, 0.1) is 21.4 Å². The summed E-state index contributed by atoms with van der Waals surface area (Å²) in [6.07, 6.45) is 0.283. The summed E-state index contributed by atoms with van der Waals surface area (Å²) in [6.45, 7) is 0.417. The van der Waals surface area contributed by atoms with E-state index in [4.69, 9.17) is 10.4 Å². The topological polar surface area (TPSA) is 107 Å². The number of aromatic carboxylic acids is 1. The maximum absolute atomic E-state index is 10.8. The molecule has 0 aliphatic heterocycles. The quantitative estimate of drug-likeness (QED) is 0.627. The predicted octanol–water partition coefficient (Wildman–Crippen LogP) is 1.64. The lowest BCUT2D eigenvalue weighted by molar-refractivity contribution is -0.385. The summed E-state index contributed by atoms with van der Waals surface area (Å²) in [7, 11) is 1.68. The Bertz CT molecular complexity index is 522. The number of nitro groups is 1. The van der Waals surface area contributed by atoms with Crippen molar-refractivity contribution >= 4 is 17.3 Å². The number of carboxylic acids is 1. The summed E-state index contributed by atoms with van der Waals surface area (Å²) < 4.78 is 0. The number of rotatable bonds is 5. The Morgan fingerprint density at radius 3 is 2.78 bits per heavy atom. The summed E-state index contributed by atoms with van der Waals surface area (Å²) >= 11 is 0. The highest BCUT2D eigenvalue weighted by molar-refractivity contribution is 5.93. The Morgan fingerprint density at radius 1 is 1.61 bits per heavy atom. The van der Waals surface area contributed by atoms with Gasteiger partial charge in [0.2, 0.25) is 0 Å². The average Bonchev–Trinajstić information content (AvgIpc) is 2.34. The highest BCUT2D eigenvalue weighted by atomic mass is 16.6. The molecule has 0 unspecified atom stereocenters. The number of carboxylic acid groups (broad SMARTS) is 1. The number of anilines is 1. The van der Waals surface area contributed by atoms with Gasteiger partial charge in [0.25, 0.3) is 5.69 Å². The van der Waals surface area contributed by atoms with E-state index in [-0.39, 0.29) is 12.0 Å². The van der Waals surface area contributed by atoms with Crippen LogP contribution in [0.5, 0.6) is 0 Å². The molecule has 0 spiro atoms. The minimum Gasteiger partial charge on any atom is -0.477 e. The number of hydrogen-bond acceptors (Lipinski definition) is 5. The molecule has 18 heavy (non-hydrogen) atoms. The van der Waals surface area contributed by atoms with Crippen LogP contribution in [0.2, 0.25) is 0 Å². The van der Waals surface area contributed by atoms with Gasteiger partial charge in [0, 0.05) is 25.3 Å². The molecule has 0 bridgehead atoms. The number of hydrogen-bond donors (Lipinski definition) is 1. The monoisotopic (exact) mass is 249 g/mol.